The molecule has 27 heavy (non-hydrogen) atoms. The molecule has 3 rings (SSSR count). The van der Waals surface area contributed by atoms with E-state index in [0.29, 0.717) is 18.7 Å². The normalized spacial score (nSPS) is 21.6. The number of nitrogens with one attached hydrogen (secondary N) is 1. The maximum Gasteiger partial charge on any atom is 0.254 e. The van der Waals surface area contributed by atoms with Gasteiger partial charge >= 0.3 is 0 Å². The van der Waals surface area contributed by atoms with Crippen molar-refractivity contribution in [2.24, 2.45) is 5.41 Å². The number of benzene rings is 1. The van der Waals surface area contributed by atoms with E-state index in [1.54, 1.807) is 4.90 Å². The highest BCUT2D eigenvalue weighted by Gasteiger charge is 2.38. The molecule has 2 amide bonds. The number of carbonyl (C=O) groups is 2. The van der Waals surface area contributed by atoms with Crippen molar-refractivity contribution in [3.05, 3.63) is 34.3 Å². The van der Waals surface area contributed by atoms with E-state index >= 15 is 0 Å². The van der Waals surface area contributed by atoms with Gasteiger partial charge in [0.2, 0.25) is 5.91 Å². The number of carbonyl (C=O) groups excluding carboxylic acids is 2. The number of hydrogen-bond acceptors (Lipinski definition) is 3. The van der Waals surface area contributed by atoms with E-state index in [9.17, 15) is 9.59 Å². The fourth-order valence-electron chi connectivity index (χ4n) is 4.62. The summed E-state index contributed by atoms with van der Waals surface area (Å²) in [5.74, 6) is -0.0491. The zero-order valence-corrected chi connectivity index (χ0v) is 17.9. The molecule has 1 heterocycles. The number of halogens is 1. The van der Waals surface area contributed by atoms with Crippen molar-refractivity contribution >= 4 is 27.7 Å². The number of hydrogen-bond donors (Lipinski definition) is 1. The molecule has 0 unspecified atom stereocenters. The van der Waals surface area contributed by atoms with Crippen LogP contribution in [0.5, 0.6) is 0 Å². The van der Waals surface area contributed by atoms with Gasteiger partial charge in [-0.2, -0.15) is 0 Å². The van der Waals surface area contributed by atoms with Crippen molar-refractivity contribution in [2.75, 3.05) is 33.7 Å². The van der Waals surface area contributed by atoms with Gasteiger partial charge in [-0.25, -0.2) is 0 Å². The molecule has 1 atom stereocenters. The van der Waals surface area contributed by atoms with E-state index < -0.39 is 0 Å². The van der Waals surface area contributed by atoms with Crippen LogP contribution in [0.1, 0.15) is 48.9 Å². The summed E-state index contributed by atoms with van der Waals surface area (Å²) in [5, 5.41) is 3.19. The molecule has 5 nitrogen and oxygen atoms in total. The van der Waals surface area contributed by atoms with Crippen LogP contribution in [0.4, 0.5) is 0 Å². The Kier molecular flexibility index (Phi) is 6.58. The Hall–Kier alpha value is -1.40. The minimum Gasteiger partial charge on any atom is -0.354 e. The Balaban J connectivity index is 1.63. The quantitative estimate of drug-likeness (QED) is 0.745. The van der Waals surface area contributed by atoms with Gasteiger partial charge in [0, 0.05) is 35.1 Å². The second kappa shape index (κ2) is 8.74. The Morgan fingerprint density at radius 3 is 2.48 bits per heavy atom. The minimum absolute atomic E-state index is 0.00277. The lowest BCUT2D eigenvalue weighted by Gasteiger charge is -2.33. The molecule has 1 aromatic carbocycles. The van der Waals surface area contributed by atoms with Crippen LogP contribution < -0.4 is 5.32 Å². The van der Waals surface area contributed by atoms with Gasteiger partial charge < -0.3 is 15.1 Å². The van der Waals surface area contributed by atoms with Gasteiger partial charge in [0.1, 0.15) is 6.04 Å². The monoisotopic (exact) mass is 435 g/mol. The van der Waals surface area contributed by atoms with Gasteiger partial charge in [-0.05, 0) is 64.0 Å². The summed E-state index contributed by atoms with van der Waals surface area (Å²) in [4.78, 5) is 29.7. The fourth-order valence-corrected chi connectivity index (χ4v) is 4.88. The Morgan fingerprint density at radius 2 is 1.85 bits per heavy atom. The molecule has 6 heteroatoms. The van der Waals surface area contributed by atoms with E-state index in [1.165, 1.54) is 12.8 Å². The second-order valence-electron chi connectivity index (χ2n) is 8.33. The Labute approximate surface area is 170 Å². The first-order valence-corrected chi connectivity index (χ1v) is 10.7. The van der Waals surface area contributed by atoms with Crippen LogP contribution in [0.25, 0.3) is 0 Å². The summed E-state index contributed by atoms with van der Waals surface area (Å²) in [5.41, 5.74) is 0.816. The highest BCUT2D eigenvalue weighted by atomic mass is 79.9. The number of rotatable bonds is 6. The molecular formula is C21H30BrN3O2. The molecule has 1 saturated heterocycles. The maximum absolute atomic E-state index is 12.9. The zero-order valence-electron chi connectivity index (χ0n) is 16.3. The molecular weight excluding hydrogens is 406 g/mol. The average molecular weight is 436 g/mol. The Morgan fingerprint density at radius 1 is 1.19 bits per heavy atom. The van der Waals surface area contributed by atoms with Gasteiger partial charge in [0.25, 0.3) is 5.91 Å². The maximum atomic E-state index is 12.9. The molecule has 0 radical (unpaired) electrons. The molecule has 0 bridgehead atoms. The van der Waals surface area contributed by atoms with Gasteiger partial charge in [0.05, 0.1) is 0 Å². The molecule has 2 aliphatic rings. The second-order valence-corrected chi connectivity index (χ2v) is 9.24. The molecule has 1 saturated carbocycles. The number of amides is 2. The summed E-state index contributed by atoms with van der Waals surface area (Å²) in [6.07, 6.45) is 6.43. The van der Waals surface area contributed by atoms with Crippen LogP contribution in [0, 0.1) is 5.41 Å². The standard InChI is InChI=1S/C21H30BrN3O2/c1-24(2)15-21(11-3-4-12-21)14-23-19(26)18-6-5-13-25(18)20(27)16-7-9-17(22)10-8-16/h7-10,18H,3-6,11-15H2,1-2H3,(H,23,26)/t18-/m1/s1. The fraction of sp³-hybridized carbons (Fsp3) is 0.619. The van der Waals surface area contributed by atoms with Crippen molar-refractivity contribution in [2.45, 2.75) is 44.6 Å². The van der Waals surface area contributed by atoms with Crippen molar-refractivity contribution in [3.8, 4) is 0 Å². The van der Waals surface area contributed by atoms with Gasteiger partial charge in [0.15, 0.2) is 0 Å². The number of likely N-dealkylation sites (tertiary alicyclic amines) is 1. The molecule has 1 N–H and O–H groups in total. The third-order valence-electron chi connectivity index (χ3n) is 5.86. The highest BCUT2D eigenvalue weighted by molar-refractivity contribution is 9.10. The first-order chi connectivity index (χ1) is 12.9. The molecule has 0 aromatic heterocycles. The minimum atomic E-state index is -0.348. The summed E-state index contributed by atoms with van der Waals surface area (Å²) in [6, 6.07) is 7.00. The molecule has 2 fully saturated rings. The summed E-state index contributed by atoms with van der Waals surface area (Å²) in [6.45, 7) is 2.36. The predicted octanol–water partition coefficient (Wildman–Crippen LogP) is 3.29. The first kappa shape index (κ1) is 20.3. The van der Waals surface area contributed by atoms with Crippen molar-refractivity contribution < 1.29 is 9.59 Å². The summed E-state index contributed by atoms with van der Waals surface area (Å²) in [7, 11) is 4.19. The first-order valence-electron chi connectivity index (χ1n) is 9.89. The lowest BCUT2D eigenvalue weighted by molar-refractivity contribution is -0.125. The number of nitrogens with zero attached hydrogens (tertiary/aromatic N) is 2. The van der Waals surface area contributed by atoms with Crippen LogP contribution in [-0.2, 0) is 4.79 Å². The molecule has 1 aromatic rings. The lowest BCUT2D eigenvalue weighted by Crippen LogP contribution is -2.49. The molecule has 148 valence electrons. The van der Waals surface area contributed by atoms with E-state index in [2.05, 4.69) is 40.2 Å². The third-order valence-corrected chi connectivity index (χ3v) is 6.39. The molecule has 0 spiro atoms. The van der Waals surface area contributed by atoms with Gasteiger partial charge in [-0.3, -0.25) is 9.59 Å². The van der Waals surface area contributed by atoms with Gasteiger partial charge in [-0.1, -0.05) is 28.8 Å². The van der Waals surface area contributed by atoms with Crippen molar-refractivity contribution in [1.82, 2.24) is 15.1 Å². The zero-order chi connectivity index (χ0) is 19.4. The summed E-state index contributed by atoms with van der Waals surface area (Å²) < 4.78 is 0.942. The van der Waals surface area contributed by atoms with Crippen LogP contribution in [0.15, 0.2) is 28.7 Å². The van der Waals surface area contributed by atoms with E-state index in [-0.39, 0.29) is 23.3 Å². The van der Waals surface area contributed by atoms with Crippen LogP contribution in [0.2, 0.25) is 0 Å². The third kappa shape index (κ3) is 4.91. The smallest absolute Gasteiger partial charge is 0.254 e. The summed E-state index contributed by atoms with van der Waals surface area (Å²) >= 11 is 3.40. The largest absolute Gasteiger partial charge is 0.354 e. The lowest BCUT2D eigenvalue weighted by atomic mass is 9.85. The van der Waals surface area contributed by atoms with Crippen LogP contribution >= 0.6 is 15.9 Å². The Bertz CT molecular complexity index is 669. The van der Waals surface area contributed by atoms with E-state index in [4.69, 9.17) is 0 Å². The molecule has 1 aliphatic carbocycles. The predicted molar refractivity (Wildman–Crippen MR) is 111 cm³/mol. The van der Waals surface area contributed by atoms with Crippen molar-refractivity contribution in [3.63, 3.8) is 0 Å². The van der Waals surface area contributed by atoms with E-state index in [0.717, 1.165) is 36.7 Å². The topological polar surface area (TPSA) is 52.7 Å². The highest BCUT2D eigenvalue weighted by Crippen LogP contribution is 2.38. The SMILES string of the molecule is CN(C)CC1(CNC(=O)[C@H]2CCCN2C(=O)c2ccc(Br)cc2)CCCC1. The average Bonchev–Trinajstić information content (AvgIpc) is 3.29. The van der Waals surface area contributed by atoms with Crippen molar-refractivity contribution in [1.29, 1.82) is 0 Å². The van der Waals surface area contributed by atoms with Crippen LogP contribution in [0.3, 0.4) is 0 Å². The molecule has 1 aliphatic heterocycles. The van der Waals surface area contributed by atoms with E-state index in [1.807, 2.05) is 24.3 Å². The van der Waals surface area contributed by atoms with Crippen LogP contribution in [-0.4, -0.2) is 61.4 Å². The van der Waals surface area contributed by atoms with Gasteiger partial charge in [-0.15, -0.1) is 0 Å².